The van der Waals surface area contributed by atoms with Crippen LogP contribution in [0.3, 0.4) is 0 Å². The van der Waals surface area contributed by atoms with Gasteiger partial charge in [-0.3, -0.25) is 4.79 Å². The van der Waals surface area contributed by atoms with Gasteiger partial charge in [0.05, 0.1) is 12.7 Å². The fraction of sp³-hybridized carbons (Fsp3) is 0.950. The van der Waals surface area contributed by atoms with Crippen LogP contribution in [0.1, 0.15) is 98.3 Å². The topological polar surface area (TPSA) is 38.3 Å². The van der Waals surface area contributed by atoms with Gasteiger partial charge in [0.2, 0.25) is 5.91 Å². The van der Waals surface area contributed by atoms with Crippen LogP contribution in [0.25, 0.3) is 0 Å². The molecule has 0 aromatic carbocycles. The van der Waals surface area contributed by atoms with E-state index in [2.05, 4.69) is 33.0 Å². The largest absolute Gasteiger partial charge is 0.377 e. The predicted octanol–water partition coefficient (Wildman–Crippen LogP) is 5.47. The Balaban J connectivity index is 3.30. The second-order valence-electron chi connectivity index (χ2n) is 7.23. The molecule has 0 saturated carbocycles. The van der Waals surface area contributed by atoms with Gasteiger partial charge in [0.15, 0.2) is 0 Å². The maximum absolute atomic E-state index is 11.6. The van der Waals surface area contributed by atoms with Crippen molar-refractivity contribution in [2.75, 3.05) is 13.2 Å². The first kappa shape index (κ1) is 22.4. The van der Waals surface area contributed by atoms with Crippen molar-refractivity contribution in [1.29, 1.82) is 0 Å². The summed E-state index contributed by atoms with van der Waals surface area (Å²) in [5, 5.41) is 2.93. The van der Waals surface area contributed by atoms with Crippen molar-refractivity contribution in [2.24, 2.45) is 5.92 Å². The highest BCUT2D eigenvalue weighted by Gasteiger charge is 2.04. The number of hydrogen-bond donors (Lipinski definition) is 1. The molecule has 0 aliphatic rings. The second kappa shape index (κ2) is 16.3. The third-order valence-corrected chi connectivity index (χ3v) is 4.24. The Morgan fingerprint density at radius 1 is 0.913 bits per heavy atom. The third kappa shape index (κ3) is 17.6. The van der Waals surface area contributed by atoms with Crippen molar-refractivity contribution in [3.63, 3.8) is 0 Å². The van der Waals surface area contributed by atoms with Crippen molar-refractivity contribution in [3.8, 4) is 0 Å². The quantitative estimate of drug-likeness (QED) is 0.381. The molecule has 23 heavy (non-hydrogen) atoms. The van der Waals surface area contributed by atoms with Crippen LogP contribution in [0.4, 0.5) is 0 Å². The summed E-state index contributed by atoms with van der Waals surface area (Å²) in [6, 6.07) is 0. The standard InChI is InChI=1S/C20H41NO2/c1-5-6-7-8-9-10-11-12-13-19(4)23-17-16-21-20(22)15-14-18(2)3/h18-19H,5-17H2,1-4H3,(H,21,22). The molecule has 0 aromatic heterocycles. The normalized spacial score (nSPS) is 12.6. The van der Waals surface area contributed by atoms with Crippen molar-refractivity contribution in [3.05, 3.63) is 0 Å². The highest BCUT2D eigenvalue weighted by atomic mass is 16.5. The van der Waals surface area contributed by atoms with E-state index in [9.17, 15) is 4.79 Å². The summed E-state index contributed by atoms with van der Waals surface area (Å²) >= 11 is 0. The van der Waals surface area contributed by atoms with Crippen LogP contribution in [-0.2, 0) is 9.53 Å². The monoisotopic (exact) mass is 327 g/mol. The zero-order chi connectivity index (χ0) is 17.3. The molecule has 1 atom stereocenters. The van der Waals surface area contributed by atoms with Gasteiger partial charge in [0.25, 0.3) is 0 Å². The van der Waals surface area contributed by atoms with E-state index in [1.165, 1.54) is 51.4 Å². The molecule has 0 fully saturated rings. The molecule has 138 valence electrons. The van der Waals surface area contributed by atoms with Gasteiger partial charge < -0.3 is 10.1 Å². The molecule has 0 radical (unpaired) electrons. The fourth-order valence-electron chi connectivity index (χ4n) is 2.61. The van der Waals surface area contributed by atoms with Crippen LogP contribution in [-0.4, -0.2) is 25.2 Å². The highest BCUT2D eigenvalue weighted by Crippen LogP contribution is 2.11. The Hall–Kier alpha value is -0.570. The number of carbonyl (C=O) groups excluding carboxylic acids is 1. The first-order valence-electron chi connectivity index (χ1n) is 9.94. The number of amides is 1. The molecule has 1 unspecified atom stereocenters. The Morgan fingerprint density at radius 3 is 2.13 bits per heavy atom. The molecule has 0 aliphatic carbocycles. The van der Waals surface area contributed by atoms with Gasteiger partial charge in [0.1, 0.15) is 0 Å². The number of hydrogen-bond acceptors (Lipinski definition) is 2. The molecule has 3 heteroatoms. The maximum Gasteiger partial charge on any atom is 0.220 e. The second-order valence-corrected chi connectivity index (χ2v) is 7.23. The van der Waals surface area contributed by atoms with Gasteiger partial charge in [-0.1, -0.05) is 72.1 Å². The number of rotatable bonds is 16. The lowest BCUT2D eigenvalue weighted by molar-refractivity contribution is -0.121. The summed E-state index contributed by atoms with van der Waals surface area (Å²) in [5.74, 6) is 0.738. The molecule has 3 nitrogen and oxygen atoms in total. The van der Waals surface area contributed by atoms with Gasteiger partial charge in [-0.25, -0.2) is 0 Å². The van der Waals surface area contributed by atoms with Gasteiger partial charge in [-0.2, -0.15) is 0 Å². The van der Waals surface area contributed by atoms with Crippen LogP contribution in [0.2, 0.25) is 0 Å². The zero-order valence-electron chi connectivity index (χ0n) is 16.2. The lowest BCUT2D eigenvalue weighted by Gasteiger charge is -2.13. The summed E-state index contributed by atoms with van der Waals surface area (Å²) in [7, 11) is 0. The third-order valence-electron chi connectivity index (χ3n) is 4.24. The van der Waals surface area contributed by atoms with Crippen LogP contribution < -0.4 is 5.32 Å². The summed E-state index contributed by atoms with van der Waals surface area (Å²) in [4.78, 5) is 11.6. The Labute approximate surface area is 144 Å². The van der Waals surface area contributed by atoms with Gasteiger partial charge in [-0.05, 0) is 25.7 Å². The summed E-state index contributed by atoms with van der Waals surface area (Å²) in [6.45, 7) is 9.96. The first-order valence-corrected chi connectivity index (χ1v) is 9.94. The van der Waals surface area contributed by atoms with E-state index in [1.807, 2.05) is 0 Å². The number of unbranched alkanes of at least 4 members (excludes halogenated alkanes) is 7. The van der Waals surface area contributed by atoms with E-state index < -0.39 is 0 Å². The Bertz CT molecular complexity index is 266. The molecular weight excluding hydrogens is 286 g/mol. The minimum atomic E-state index is 0.151. The van der Waals surface area contributed by atoms with Gasteiger partial charge in [-0.15, -0.1) is 0 Å². The molecule has 0 aromatic rings. The van der Waals surface area contributed by atoms with Crippen molar-refractivity contribution in [2.45, 2.75) is 104 Å². The predicted molar refractivity (Wildman–Crippen MR) is 99.7 cm³/mol. The molecule has 0 rings (SSSR count). The molecule has 0 spiro atoms. The minimum Gasteiger partial charge on any atom is -0.377 e. The van der Waals surface area contributed by atoms with Gasteiger partial charge in [0, 0.05) is 13.0 Å². The molecule has 1 amide bonds. The summed E-state index contributed by atoms with van der Waals surface area (Å²) in [6.07, 6.45) is 13.9. The molecular formula is C20H41NO2. The maximum atomic E-state index is 11.6. The molecule has 0 saturated heterocycles. The number of nitrogens with one attached hydrogen (secondary N) is 1. The first-order chi connectivity index (χ1) is 11.1. The van der Waals surface area contributed by atoms with E-state index in [4.69, 9.17) is 4.74 Å². The Morgan fingerprint density at radius 2 is 1.52 bits per heavy atom. The Kier molecular flexibility index (Phi) is 15.9. The van der Waals surface area contributed by atoms with Crippen LogP contribution in [0.15, 0.2) is 0 Å². The summed E-state index contributed by atoms with van der Waals surface area (Å²) < 4.78 is 5.76. The number of carbonyl (C=O) groups is 1. The van der Waals surface area contributed by atoms with Crippen molar-refractivity contribution >= 4 is 5.91 Å². The minimum absolute atomic E-state index is 0.151. The average molecular weight is 328 g/mol. The van der Waals surface area contributed by atoms with E-state index in [-0.39, 0.29) is 5.91 Å². The smallest absolute Gasteiger partial charge is 0.220 e. The number of ether oxygens (including phenoxy) is 1. The molecule has 1 N–H and O–H groups in total. The van der Waals surface area contributed by atoms with E-state index >= 15 is 0 Å². The fourth-order valence-corrected chi connectivity index (χ4v) is 2.61. The van der Waals surface area contributed by atoms with E-state index in [1.54, 1.807) is 0 Å². The molecule has 0 aliphatic heterocycles. The summed E-state index contributed by atoms with van der Waals surface area (Å²) in [5.41, 5.74) is 0. The molecule has 0 bridgehead atoms. The molecule has 0 heterocycles. The SMILES string of the molecule is CCCCCCCCCCC(C)OCCNC(=O)CCC(C)C. The van der Waals surface area contributed by atoms with Crippen LogP contribution in [0, 0.1) is 5.92 Å². The van der Waals surface area contributed by atoms with Crippen molar-refractivity contribution in [1.82, 2.24) is 5.32 Å². The zero-order valence-corrected chi connectivity index (χ0v) is 16.2. The van der Waals surface area contributed by atoms with Crippen molar-refractivity contribution < 1.29 is 9.53 Å². The highest BCUT2D eigenvalue weighted by molar-refractivity contribution is 5.75. The lowest BCUT2D eigenvalue weighted by atomic mass is 10.1. The van der Waals surface area contributed by atoms with E-state index in [0.717, 1.165) is 12.8 Å². The van der Waals surface area contributed by atoms with Crippen LogP contribution >= 0.6 is 0 Å². The van der Waals surface area contributed by atoms with Crippen LogP contribution in [0.5, 0.6) is 0 Å². The van der Waals surface area contributed by atoms with E-state index in [0.29, 0.717) is 31.6 Å². The lowest BCUT2D eigenvalue weighted by Crippen LogP contribution is -2.28. The average Bonchev–Trinajstić information content (AvgIpc) is 2.52. The van der Waals surface area contributed by atoms with Gasteiger partial charge >= 0.3 is 0 Å².